The molecule has 1 amide bonds. The van der Waals surface area contributed by atoms with Crippen molar-refractivity contribution < 1.29 is 23.8 Å². The molecule has 246 valence electrons. The van der Waals surface area contributed by atoms with Crippen LogP contribution in [0.3, 0.4) is 0 Å². The number of methoxy groups -OCH3 is 1. The summed E-state index contributed by atoms with van der Waals surface area (Å²) in [4.78, 5) is 50.3. The van der Waals surface area contributed by atoms with E-state index in [2.05, 4.69) is 4.98 Å². The van der Waals surface area contributed by atoms with Gasteiger partial charge in [-0.2, -0.15) is 0 Å². The Balaban J connectivity index is 1.54. The molecule has 0 bridgehead atoms. The largest absolute Gasteiger partial charge is 0.496 e. The van der Waals surface area contributed by atoms with Crippen molar-refractivity contribution in [3.63, 3.8) is 0 Å². The van der Waals surface area contributed by atoms with Crippen molar-refractivity contribution in [1.29, 1.82) is 0 Å². The van der Waals surface area contributed by atoms with Gasteiger partial charge in [0, 0.05) is 18.7 Å². The van der Waals surface area contributed by atoms with Gasteiger partial charge in [0.2, 0.25) is 11.8 Å². The third-order valence-corrected chi connectivity index (χ3v) is 10.7. The molecule has 2 fully saturated rings. The smallest absolute Gasteiger partial charge is 0.333 e. The predicted molar refractivity (Wildman–Crippen MR) is 175 cm³/mol. The van der Waals surface area contributed by atoms with Crippen LogP contribution in [0.15, 0.2) is 50.7 Å². The van der Waals surface area contributed by atoms with E-state index in [0.29, 0.717) is 71.1 Å². The lowest BCUT2D eigenvalue weighted by molar-refractivity contribution is -0.140. The second-order valence-corrected chi connectivity index (χ2v) is 13.8. The molecule has 0 unspecified atom stereocenters. The average molecular weight is 651 g/mol. The zero-order chi connectivity index (χ0) is 32.6. The SMILES string of the molecule is COc1ccccc1[C@H](Cn1c(=O)n(C(C)(C)C(=O)N2CCCCC2)c(=O)c2c(C)c(-c3ncco3)sc21)O[C@H]1CC[C@@H](O)CC1. The molecule has 2 aliphatic rings. The van der Waals surface area contributed by atoms with Gasteiger partial charge in [-0.15, -0.1) is 11.3 Å². The van der Waals surface area contributed by atoms with Gasteiger partial charge in [0.05, 0.1) is 42.3 Å². The molecular weight excluding hydrogens is 608 g/mol. The number of benzene rings is 1. The molecule has 6 rings (SSSR count). The number of ether oxygens (including phenoxy) is 2. The summed E-state index contributed by atoms with van der Waals surface area (Å²) in [5.74, 6) is 0.714. The lowest BCUT2D eigenvalue weighted by Gasteiger charge is -2.35. The van der Waals surface area contributed by atoms with Gasteiger partial charge in [0.25, 0.3) is 5.56 Å². The molecule has 12 heteroatoms. The Kier molecular flexibility index (Phi) is 9.22. The second-order valence-electron chi connectivity index (χ2n) is 12.8. The van der Waals surface area contributed by atoms with Crippen LogP contribution in [0.1, 0.15) is 76.0 Å². The normalized spacial score (nSPS) is 19.8. The van der Waals surface area contributed by atoms with Crippen molar-refractivity contribution in [1.82, 2.24) is 19.0 Å². The number of piperidine rings is 1. The maximum atomic E-state index is 14.7. The number of oxazole rings is 1. The molecule has 3 aromatic heterocycles. The quantitative estimate of drug-likeness (QED) is 0.268. The van der Waals surface area contributed by atoms with Crippen molar-refractivity contribution in [3.05, 3.63) is 68.7 Å². The number of nitrogens with zero attached hydrogens (tertiary/aromatic N) is 4. The summed E-state index contributed by atoms with van der Waals surface area (Å²) < 4.78 is 20.8. The number of thiophene rings is 1. The number of rotatable bonds is 9. The summed E-state index contributed by atoms with van der Waals surface area (Å²) >= 11 is 1.26. The number of aryl methyl sites for hydroxylation is 1. The fourth-order valence-electron chi connectivity index (χ4n) is 6.85. The molecule has 1 aliphatic heterocycles. The third kappa shape index (κ3) is 5.93. The molecule has 1 N–H and O–H groups in total. The van der Waals surface area contributed by atoms with E-state index in [9.17, 15) is 19.5 Å². The summed E-state index contributed by atoms with van der Waals surface area (Å²) in [6.07, 6.45) is 7.35. The molecule has 1 aliphatic carbocycles. The summed E-state index contributed by atoms with van der Waals surface area (Å²) in [6.45, 7) is 6.38. The Labute approximate surface area is 271 Å². The van der Waals surface area contributed by atoms with Crippen molar-refractivity contribution >= 4 is 27.5 Å². The molecule has 46 heavy (non-hydrogen) atoms. The van der Waals surface area contributed by atoms with Gasteiger partial charge in [0.15, 0.2) is 0 Å². The Morgan fingerprint density at radius 2 is 1.85 bits per heavy atom. The topological polar surface area (TPSA) is 129 Å². The number of aromatic nitrogens is 3. The number of amides is 1. The van der Waals surface area contributed by atoms with Gasteiger partial charge in [0.1, 0.15) is 28.5 Å². The number of fused-ring (bicyclic) bond motifs is 1. The maximum absolute atomic E-state index is 14.7. The van der Waals surface area contributed by atoms with Crippen molar-refractivity contribution in [2.24, 2.45) is 0 Å². The van der Waals surface area contributed by atoms with E-state index in [0.717, 1.165) is 29.4 Å². The van der Waals surface area contributed by atoms with E-state index < -0.39 is 22.9 Å². The highest BCUT2D eigenvalue weighted by atomic mass is 32.1. The number of aliphatic hydroxyl groups excluding tert-OH is 1. The van der Waals surface area contributed by atoms with Crippen LogP contribution >= 0.6 is 11.3 Å². The van der Waals surface area contributed by atoms with Crippen molar-refractivity contribution in [2.75, 3.05) is 20.2 Å². The van der Waals surface area contributed by atoms with Crippen LogP contribution in [-0.2, 0) is 21.6 Å². The van der Waals surface area contributed by atoms with Gasteiger partial charge < -0.3 is 23.9 Å². The Morgan fingerprint density at radius 1 is 1.13 bits per heavy atom. The fourth-order valence-corrected chi connectivity index (χ4v) is 8.09. The molecular formula is C34H42N4O7S. The van der Waals surface area contributed by atoms with E-state index in [1.165, 1.54) is 23.8 Å². The van der Waals surface area contributed by atoms with Gasteiger partial charge in [-0.3, -0.25) is 14.2 Å². The van der Waals surface area contributed by atoms with Crippen LogP contribution in [0, 0.1) is 6.92 Å². The van der Waals surface area contributed by atoms with E-state index in [1.807, 2.05) is 31.2 Å². The predicted octanol–water partition coefficient (Wildman–Crippen LogP) is 5.01. The molecule has 4 heterocycles. The van der Waals surface area contributed by atoms with Crippen LogP contribution in [-0.4, -0.2) is 62.4 Å². The number of hydrogen-bond acceptors (Lipinski definition) is 9. The van der Waals surface area contributed by atoms with Gasteiger partial charge in [-0.25, -0.2) is 14.3 Å². The minimum Gasteiger partial charge on any atom is -0.496 e. The Morgan fingerprint density at radius 3 is 2.52 bits per heavy atom. The molecule has 1 aromatic carbocycles. The first kappa shape index (κ1) is 32.2. The van der Waals surface area contributed by atoms with E-state index >= 15 is 0 Å². The molecule has 1 atom stereocenters. The lowest BCUT2D eigenvalue weighted by Crippen LogP contribution is -2.57. The minimum absolute atomic E-state index is 0.0635. The standard InChI is InChI=1S/C34H42N4O7S/c1-21-27-30(40)38(34(2,3)32(41)36-17-8-5-9-18-36)33(42)37(31(27)46-28(21)29-35-16-19-44-29)20-26(24-10-6-7-11-25(24)43-4)45-23-14-12-22(39)13-15-23/h6-7,10-11,16,19,22-23,26,39H,5,8-9,12-15,17-18,20H2,1-4H3/t22-,23+,26-/m0/s1. The van der Waals surface area contributed by atoms with Gasteiger partial charge >= 0.3 is 5.69 Å². The first-order valence-corrected chi connectivity index (χ1v) is 16.9. The first-order chi connectivity index (χ1) is 22.1. The summed E-state index contributed by atoms with van der Waals surface area (Å²) in [7, 11) is 1.59. The van der Waals surface area contributed by atoms with Crippen molar-refractivity contribution in [2.45, 2.75) is 96.1 Å². The molecule has 11 nitrogen and oxygen atoms in total. The first-order valence-electron chi connectivity index (χ1n) is 16.1. The summed E-state index contributed by atoms with van der Waals surface area (Å²) in [5, 5.41) is 10.5. The highest BCUT2D eigenvalue weighted by Gasteiger charge is 2.39. The number of aliphatic hydroxyl groups is 1. The molecule has 1 saturated heterocycles. The monoisotopic (exact) mass is 650 g/mol. The zero-order valence-corrected chi connectivity index (χ0v) is 27.7. The Hall–Kier alpha value is -3.74. The molecule has 4 aromatic rings. The van der Waals surface area contributed by atoms with E-state index in [-0.39, 0.29) is 24.7 Å². The van der Waals surface area contributed by atoms with E-state index in [1.54, 1.807) is 30.4 Å². The average Bonchev–Trinajstić information content (AvgIpc) is 3.71. The maximum Gasteiger partial charge on any atom is 0.333 e. The Bertz CT molecular complexity index is 1810. The summed E-state index contributed by atoms with van der Waals surface area (Å²) in [5.41, 5.74) is -1.16. The number of hydrogen-bond donors (Lipinski definition) is 1. The number of para-hydroxylation sites is 1. The highest BCUT2D eigenvalue weighted by molar-refractivity contribution is 7.22. The zero-order valence-electron chi connectivity index (χ0n) is 26.9. The van der Waals surface area contributed by atoms with E-state index in [4.69, 9.17) is 13.9 Å². The molecule has 0 radical (unpaired) electrons. The van der Waals surface area contributed by atoms with Crippen LogP contribution in [0.4, 0.5) is 0 Å². The minimum atomic E-state index is -1.45. The van der Waals surface area contributed by atoms with Crippen LogP contribution < -0.4 is 16.0 Å². The second kappa shape index (κ2) is 13.2. The molecule has 0 spiro atoms. The van der Waals surface area contributed by atoms with Gasteiger partial charge in [-0.1, -0.05) is 18.2 Å². The molecule has 1 saturated carbocycles. The number of carbonyl (C=O) groups excluding carboxylic acids is 1. The number of likely N-dealkylation sites (tertiary alicyclic amines) is 1. The lowest BCUT2D eigenvalue weighted by atomic mass is 9.94. The fraction of sp³-hybridized carbons (Fsp3) is 0.529. The number of carbonyl (C=O) groups is 1. The van der Waals surface area contributed by atoms with Crippen LogP contribution in [0.2, 0.25) is 0 Å². The van der Waals surface area contributed by atoms with Crippen LogP contribution in [0.25, 0.3) is 21.0 Å². The van der Waals surface area contributed by atoms with Crippen LogP contribution in [0.5, 0.6) is 5.75 Å². The summed E-state index contributed by atoms with van der Waals surface area (Å²) in [6, 6.07) is 7.54. The van der Waals surface area contributed by atoms with Crippen molar-refractivity contribution in [3.8, 4) is 16.5 Å². The highest BCUT2D eigenvalue weighted by Crippen LogP contribution is 2.38. The van der Waals surface area contributed by atoms with Gasteiger partial charge in [-0.05, 0) is 77.3 Å². The third-order valence-electron chi connectivity index (χ3n) is 9.40.